The molecule has 0 fully saturated rings. The topological polar surface area (TPSA) is 12.0 Å². The van der Waals surface area contributed by atoms with E-state index in [0.29, 0.717) is 12.1 Å². The maximum atomic E-state index is 3.85. The van der Waals surface area contributed by atoms with E-state index in [1.165, 1.54) is 37.7 Å². The zero-order chi connectivity index (χ0) is 12.3. The molecule has 0 aliphatic heterocycles. The summed E-state index contributed by atoms with van der Waals surface area (Å²) in [7, 11) is 0. The van der Waals surface area contributed by atoms with E-state index >= 15 is 0 Å². The van der Waals surface area contributed by atoms with E-state index in [1.54, 1.807) is 11.1 Å². The number of nitrogens with one attached hydrogen (secondary N) is 1. The quantitative estimate of drug-likeness (QED) is 0.802. The summed E-state index contributed by atoms with van der Waals surface area (Å²) in [6.45, 7) is 6.76. The lowest BCUT2D eigenvalue weighted by atomic mass is 10.0. The largest absolute Gasteiger partial charge is 0.307 e. The summed E-state index contributed by atoms with van der Waals surface area (Å²) in [6.07, 6.45) is 6.34. The molecule has 1 aromatic carbocycles. The van der Waals surface area contributed by atoms with Gasteiger partial charge in [-0.3, -0.25) is 0 Å². The van der Waals surface area contributed by atoms with Crippen molar-refractivity contribution < 1.29 is 0 Å². The minimum atomic E-state index is 0.599. The van der Waals surface area contributed by atoms with Crippen LogP contribution in [0, 0.1) is 6.92 Å². The molecule has 0 spiro atoms. The fourth-order valence-corrected chi connectivity index (χ4v) is 2.93. The molecule has 2 atom stereocenters. The molecule has 1 aliphatic carbocycles. The van der Waals surface area contributed by atoms with E-state index < -0.39 is 0 Å². The Kier molecular flexibility index (Phi) is 4.22. The highest BCUT2D eigenvalue weighted by atomic mass is 15.0. The van der Waals surface area contributed by atoms with Crippen molar-refractivity contribution in [3.05, 3.63) is 34.9 Å². The van der Waals surface area contributed by atoms with Gasteiger partial charge in [-0.15, -0.1) is 0 Å². The Morgan fingerprint density at radius 3 is 2.88 bits per heavy atom. The monoisotopic (exact) mass is 231 g/mol. The first-order chi connectivity index (χ1) is 8.24. The van der Waals surface area contributed by atoms with Gasteiger partial charge in [0.1, 0.15) is 0 Å². The van der Waals surface area contributed by atoms with E-state index in [4.69, 9.17) is 0 Å². The molecule has 17 heavy (non-hydrogen) atoms. The van der Waals surface area contributed by atoms with Crippen molar-refractivity contribution in [2.75, 3.05) is 0 Å². The first-order valence-corrected chi connectivity index (χ1v) is 7.10. The molecule has 1 heteroatoms. The van der Waals surface area contributed by atoms with Gasteiger partial charge in [0, 0.05) is 12.1 Å². The third kappa shape index (κ3) is 2.90. The zero-order valence-corrected chi connectivity index (χ0v) is 11.4. The van der Waals surface area contributed by atoms with Crippen LogP contribution in [0.3, 0.4) is 0 Å². The van der Waals surface area contributed by atoms with Gasteiger partial charge in [-0.2, -0.15) is 0 Å². The van der Waals surface area contributed by atoms with Crippen molar-refractivity contribution in [3.8, 4) is 0 Å². The Morgan fingerprint density at radius 2 is 2.18 bits per heavy atom. The first kappa shape index (κ1) is 12.6. The molecule has 94 valence electrons. The smallest absolute Gasteiger partial charge is 0.0328 e. The number of hydrogen-bond acceptors (Lipinski definition) is 1. The molecule has 1 nitrogen and oxygen atoms in total. The molecule has 0 saturated heterocycles. The molecule has 1 aromatic rings. The second-order valence-corrected chi connectivity index (χ2v) is 5.35. The molecule has 0 saturated carbocycles. The molecule has 0 heterocycles. The number of fused-ring (bicyclic) bond motifs is 1. The van der Waals surface area contributed by atoms with Crippen molar-refractivity contribution in [1.29, 1.82) is 0 Å². The van der Waals surface area contributed by atoms with E-state index in [9.17, 15) is 0 Å². The average Bonchev–Trinajstić information content (AvgIpc) is 2.71. The summed E-state index contributed by atoms with van der Waals surface area (Å²) in [5.41, 5.74) is 4.50. The van der Waals surface area contributed by atoms with Crippen LogP contribution in [0.5, 0.6) is 0 Å². The Balaban J connectivity index is 2.08. The van der Waals surface area contributed by atoms with Crippen LogP contribution in [0.1, 0.15) is 62.3 Å². The maximum absolute atomic E-state index is 3.85. The minimum absolute atomic E-state index is 0.599. The maximum Gasteiger partial charge on any atom is 0.0328 e. The summed E-state index contributed by atoms with van der Waals surface area (Å²) in [6, 6.07) is 8.22. The normalized spacial score (nSPS) is 20.3. The van der Waals surface area contributed by atoms with Gasteiger partial charge in [-0.25, -0.2) is 0 Å². The molecule has 0 aromatic heterocycles. The van der Waals surface area contributed by atoms with Crippen molar-refractivity contribution >= 4 is 0 Å². The second-order valence-electron chi connectivity index (χ2n) is 5.35. The summed E-state index contributed by atoms with van der Waals surface area (Å²) >= 11 is 0. The average molecular weight is 231 g/mol. The SMILES string of the molecule is CCCC(CC)NC1CCc2ccc(C)cc21. The summed E-state index contributed by atoms with van der Waals surface area (Å²) in [5, 5.41) is 3.85. The highest BCUT2D eigenvalue weighted by molar-refractivity contribution is 5.37. The predicted molar refractivity (Wildman–Crippen MR) is 74.4 cm³/mol. The Labute approximate surface area is 106 Å². The molecular formula is C16H25N. The Bertz CT molecular complexity index is 370. The second kappa shape index (κ2) is 5.68. The van der Waals surface area contributed by atoms with Crippen LogP contribution in [0.2, 0.25) is 0 Å². The van der Waals surface area contributed by atoms with Gasteiger partial charge in [0.2, 0.25) is 0 Å². The van der Waals surface area contributed by atoms with Crippen LogP contribution >= 0.6 is 0 Å². The number of hydrogen-bond donors (Lipinski definition) is 1. The lowest BCUT2D eigenvalue weighted by molar-refractivity contribution is 0.400. The Morgan fingerprint density at radius 1 is 1.35 bits per heavy atom. The van der Waals surface area contributed by atoms with Gasteiger partial charge in [-0.1, -0.05) is 44.0 Å². The van der Waals surface area contributed by atoms with E-state index in [2.05, 4.69) is 44.3 Å². The van der Waals surface area contributed by atoms with Crippen molar-refractivity contribution in [3.63, 3.8) is 0 Å². The molecule has 0 bridgehead atoms. The predicted octanol–water partition coefficient (Wildman–Crippen LogP) is 4.15. The fraction of sp³-hybridized carbons (Fsp3) is 0.625. The van der Waals surface area contributed by atoms with Crippen LogP contribution in [0.4, 0.5) is 0 Å². The summed E-state index contributed by atoms with van der Waals surface area (Å²) in [5.74, 6) is 0. The first-order valence-electron chi connectivity index (χ1n) is 7.10. The van der Waals surface area contributed by atoms with E-state index in [-0.39, 0.29) is 0 Å². The van der Waals surface area contributed by atoms with Gasteiger partial charge in [0.25, 0.3) is 0 Å². The van der Waals surface area contributed by atoms with Crippen molar-refractivity contribution in [2.24, 2.45) is 0 Å². The van der Waals surface area contributed by atoms with Gasteiger partial charge >= 0.3 is 0 Å². The molecule has 2 unspecified atom stereocenters. The minimum Gasteiger partial charge on any atom is -0.307 e. The van der Waals surface area contributed by atoms with Gasteiger partial charge in [0.15, 0.2) is 0 Å². The highest BCUT2D eigenvalue weighted by Gasteiger charge is 2.23. The van der Waals surface area contributed by atoms with Crippen LogP contribution in [0.25, 0.3) is 0 Å². The van der Waals surface area contributed by atoms with Gasteiger partial charge in [0.05, 0.1) is 0 Å². The Hall–Kier alpha value is -0.820. The van der Waals surface area contributed by atoms with Crippen LogP contribution < -0.4 is 5.32 Å². The molecule has 0 radical (unpaired) electrons. The lowest BCUT2D eigenvalue weighted by Crippen LogP contribution is -2.31. The van der Waals surface area contributed by atoms with Crippen molar-refractivity contribution in [2.45, 2.75) is 65.0 Å². The van der Waals surface area contributed by atoms with Gasteiger partial charge in [-0.05, 0) is 43.7 Å². The number of aryl methyl sites for hydroxylation is 2. The van der Waals surface area contributed by atoms with Gasteiger partial charge < -0.3 is 5.32 Å². The molecule has 2 rings (SSSR count). The lowest BCUT2D eigenvalue weighted by Gasteiger charge is -2.22. The molecule has 0 amide bonds. The molecule has 1 N–H and O–H groups in total. The highest BCUT2D eigenvalue weighted by Crippen LogP contribution is 2.32. The zero-order valence-electron chi connectivity index (χ0n) is 11.4. The van der Waals surface area contributed by atoms with Crippen LogP contribution in [-0.4, -0.2) is 6.04 Å². The van der Waals surface area contributed by atoms with Crippen molar-refractivity contribution in [1.82, 2.24) is 5.32 Å². The number of rotatable bonds is 5. The van der Waals surface area contributed by atoms with E-state index in [0.717, 1.165) is 0 Å². The third-order valence-corrected chi connectivity index (χ3v) is 3.95. The van der Waals surface area contributed by atoms with Crippen LogP contribution in [0.15, 0.2) is 18.2 Å². The summed E-state index contributed by atoms with van der Waals surface area (Å²) < 4.78 is 0. The fourth-order valence-electron chi connectivity index (χ4n) is 2.93. The van der Waals surface area contributed by atoms with Crippen LogP contribution in [-0.2, 0) is 6.42 Å². The summed E-state index contributed by atoms with van der Waals surface area (Å²) in [4.78, 5) is 0. The van der Waals surface area contributed by atoms with E-state index in [1.807, 2.05) is 0 Å². The molecule has 1 aliphatic rings. The number of benzene rings is 1. The third-order valence-electron chi connectivity index (χ3n) is 3.95. The molecular weight excluding hydrogens is 206 g/mol. The standard InChI is InChI=1S/C16H25N/c1-4-6-14(5-2)17-16-10-9-13-8-7-12(3)11-15(13)16/h7-8,11,14,16-17H,4-6,9-10H2,1-3H3.